The molecule has 2 heterocycles. The summed E-state index contributed by atoms with van der Waals surface area (Å²) in [5, 5.41) is 12.8. The number of nitrogens with one attached hydrogen (secondary N) is 1. The molecule has 1 atom stereocenters. The molecule has 3 rings (SSSR count). The number of carbonyl (C=O) groups excluding carboxylic acids is 2. The Balaban J connectivity index is 1.59. The topological polar surface area (TPSA) is 75.2 Å². The highest BCUT2D eigenvalue weighted by Crippen LogP contribution is 2.25. The number of anilines is 1. The molecule has 1 aromatic carbocycles. The highest BCUT2D eigenvalue weighted by Gasteiger charge is 2.34. The van der Waals surface area contributed by atoms with Crippen molar-refractivity contribution in [2.24, 2.45) is 5.92 Å². The molecule has 132 valence electrons. The largest absolute Gasteiger partial charge is 0.338 e. The Kier molecular flexibility index (Phi) is 5.34. The third-order valence-corrected chi connectivity index (χ3v) is 5.43. The van der Waals surface area contributed by atoms with Gasteiger partial charge in [-0.2, -0.15) is 0 Å². The molecule has 0 saturated carbocycles. The molecule has 1 saturated heterocycles. The van der Waals surface area contributed by atoms with Crippen molar-refractivity contribution in [3.05, 3.63) is 39.9 Å². The third-order valence-electron chi connectivity index (χ3n) is 4.04. The lowest BCUT2D eigenvalue weighted by Gasteiger charge is -2.16. The number of halogens is 1. The number of rotatable bonds is 5. The van der Waals surface area contributed by atoms with E-state index in [1.165, 1.54) is 11.3 Å². The summed E-state index contributed by atoms with van der Waals surface area (Å²) in [6, 6.07) is 7.36. The molecule has 1 aliphatic heterocycles. The number of aromatic nitrogens is 2. The lowest BCUT2D eigenvalue weighted by atomic mass is 10.1. The second kappa shape index (κ2) is 7.49. The maximum atomic E-state index is 12.4. The molecular weight excluding hydrogens is 360 g/mol. The molecule has 0 unspecified atom stereocenters. The van der Waals surface area contributed by atoms with Gasteiger partial charge in [-0.1, -0.05) is 48.9 Å². The zero-order valence-electron chi connectivity index (χ0n) is 14.0. The van der Waals surface area contributed by atoms with Gasteiger partial charge in [-0.3, -0.25) is 9.59 Å². The lowest BCUT2D eigenvalue weighted by Crippen LogP contribution is -2.28. The van der Waals surface area contributed by atoms with Crippen LogP contribution in [0, 0.1) is 5.92 Å². The maximum absolute atomic E-state index is 12.4. The van der Waals surface area contributed by atoms with Gasteiger partial charge in [0, 0.05) is 30.5 Å². The van der Waals surface area contributed by atoms with Crippen LogP contribution >= 0.6 is 22.9 Å². The Hall–Kier alpha value is -1.99. The van der Waals surface area contributed by atoms with Crippen LogP contribution < -0.4 is 5.32 Å². The molecule has 2 aromatic rings. The average Bonchev–Trinajstić information content (AvgIpc) is 3.17. The number of hydrogen-bond donors (Lipinski definition) is 1. The number of carbonyl (C=O) groups is 2. The van der Waals surface area contributed by atoms with Gasteiger partial charge in [-0.15, -0.1) is 10.2 Å². The fourth-order valence-corrected chi connectivity index (χ4v) is 3.51. The van der Waals surface area contributed by atoms with Gasteiger partial charge in [-0.25, -0.2) is 0 Å². The van der Waals surface area contributed by atoms with Crippen molar-refractivity contribution >= 4 is 39.9 Å². The number of hydrogen-bond acceptors (Lipinski definition) is 5. The average molecular weight is 379 g/mol. The normalized spacial score (nSPS) is 17.4. The van der Waals surface area contributed by atoms with Gasteiger partial charge in [0.2, 0.25) is 16.9 Å². The summed E-state index contributed by atoms with van der Waals surface area (Å²) >= 11 is 7.24. The van der Waals surface area contributed by atoms with E-state index in [2.05, 4.69) is 15.5 Å². The van der Waals surface area contributed by atoms with E-state index in [1.54, 1.807) is 17.0 Å². The van der Waals surface area contributed by atoms with E-state index in [1.807, 2.05) is 26.0 Å². The van der Waals surface area contributed by atoms with Gasteiger partial charge >= 0.3 is 0 Å². The van der Waals surface area contributed by atoms with Crippen LogP contribution in [0.1, 0.15) is 36.8 Å². The number of nitrogens with zero attached hydrogens (tertiary/aromatic N) is 3. The van der Waals surface area contributed by atoms with Crippen molar-refractivity contribution in [3.8, 4) is 0 Å². The van der Waals surface area contributed by atoms with Crippen LogP contribution in [0.5, 0.6) is 0 Å². The van der Waals surface area contributed by atoms with Gasteiger partial charge in [0.25, 0.3) is 0 Å². The smallest absolute Gasteiger partial charge is 0.231 e. The second-order valence-electron chi connectivity index (χ2n) is 6.39. The second-order valence-corrected chi connectivity index (χ2v) is 7.84. The summed E-state index contributed by atoms with van der Waals surface area (Å²) in [6.07, 6.45) is 0.218. The minimum absolute atomic E-state index is 0.0183. The standard InChI is InChI=1S/C17H19ClN4O2S/c1-10(2)16-20-21-17(25-16)19-15(24)12-7-14(23)22(9-12)8-11-3-5-13(18)6-4-11/h3-6,10,12H,7-9H2,1-2H3,(H,19,21,24)/t12-/m0/s1. The molecule has 0 radical (unpaired) electrons. The molecular formula is C17H19ClN4O2S. The van der Waals surface area contributed by atoms with Crippen molar-refractivity contribution in [2.75, 3.05) is 11.9 Å². The summed E-state index contributed by atoms with van der Waals surface area (Å²) in [5.41, 5.74) is 0.990. The summed E-state index contributed by atoms with van der Waals surface area (Å²) in [4.78, 5) is 26.3. The van der Waals surface area contributed by atoms with Crippen molar-refractivity contribution in [3.63, 3.8) is 0 Å². The first-order valence-electron chi connectivity index (χ1n) is 8.09. The van der Waals surface area contributed by atoms with Gasteiger partial charge in [-0.05, 0) is 17.7 Å². The number of benzene rings is 1. The molecule has 1 fully saturated rings. The Morgan fingerprint density at radius 3 is 2.72 bits per heavy atom. The molecule has 1 aliphatic rings. The van der Waals surface area contributed by atoms with Crippen molar-refractivity contribution < 1.29 is 9.59 Å². The Morgan fingerprint density at radius 2 is 2.08 bits per heavy atom. The fourth-order valence-electron chi connectivity index (χ4n) is 2.64. The van der Waals surface area contributed by atoms with Crippen LogP contribution in [-0.4, -0.2) is 33.5 Å². The monoisotopic (exact) mass is 378 g/mol. The lowest BCUT2D eigenvalue weighted by molar-refractivity contribution is -0.128. The number of amides is 2. The first-order valence-corrected chi connectivity index (χ1v) is 9.28. The van der Waals surface area contributed by atoms with Crippen molar-refractivity contribution in [1.29, 1.82) is 0 Å². The van der Waals surface area contributed by atoms with Crippen molar-refractivity contribution in [2.45, 2.75) is 32.7 Å². The van der Waals surface area contributed by atoms with E-state index in [0.717, 1.165) is 10.6 Å². The van der Waals surface area contributed by atoms with Crippen LogP contribution in [-0.2, 0) is 16.1 Å². The van der Waals surface area contributed by atoms with E-state index in [-0.39, 0.29) is 30.1 Å². The highest BCUT2D eigenvalue weighted by atomic mass is 35.5. The Morgan fingerprint density at radius 1 is 1.36 bits per heavy atom. The maximum Gasteiger partial charge on any atom is 0.231 e. The van der Waals surface area contributed by atoms with Crippen LogP contribution in [0.4, 0.5) is 5.13 Å². The number of likely N-dealkylation sites (tertiary alicyclic amines) is 1. The van der Waals surface area contributed by atoms with Crippen LogP contribution in [0.3, 0.4) is 0 Å². The molecule has 0 spiro atoms. The highest BCUT2D eigenvalue weighted by molar-refractivity contribution is 7.15. The summed E-state index contributed by atoms with van der Waals surface area (Å²) < 4.78 is 0. The first-order chi connectivity index (χ1) is 11.9. The molecule has 8 heteroatoms. The van der Waals surface area contributed by atoms with Gasteiger partial charge in [0.15, 0.2) is 0 Å². The van der Waals surface area contributed by atoms with E-state index in [0.29, 0.717) is 23.2 Å². The quantitative estimate of drug-likeness (QED) is 0.866. The molecule has 0 bridgehead atoms. The Bertz CT molecular complexity index is 775. The predicted octanol–water partition coefficient (Wildman–Crippen LogP) is 3.30. The summed E-state index contributed by atoms with van der Waals surface area (Å²) in [7, 11) is 0. The van der Waals surface area contributed by atoms with Crippen molar-refractivity contribution in [1.82, 2.24) is 15.1 Å². The van der Waals surface area contributed by atoms with Gasteiger partial charge in [0.1, 0.15) is 5.01 Å². The van der Waals surface area contributed by atoms with E-state index >= 15 is 0 Å². The molecule has 6 nitrogen and oxygen atoms in total. The van der Waals surface area contributed by atoms with Crippen LogP contribution in [0.15, 0.2) is 24.3 Å². The van der Waals surface area contributed by atoms with E-state index in [4.69, 9.17) is 11.6 Å². The third kappa shape index (κ3) is 4.35. The Labute approximate surface area is 155 Å². The minimum Gasteiger partial charge on any atom is -0.338 e. The van der Waals surface area contributed by atoms with Gasteiger partial charge < -0.3 is 10.2 Å². The van der Waals surface area contributed by atoms with Crippen LogP contribution in [0.2, 0.25) is 5.02 Å². The van der Waals surface area contributed by atoms with Crippen LogP contribution in [0.25, 0.3) is 0 Å². The summed E-state index contributed by atoms with van der Waals surface area (Å²) in [5.74, 6) is -0.300. The SMILES string of the molecule is CC(C)c1nnc(NC(=O)[C@H]2CC(=O)N(Cc3ccc(Cl)cc3)C2)s1. The zero-order chi connectivity index (χ0) is 18.0. The van der Waals surface area contributed by atoms with Gasteiger partial charge in [0.05, 0.1) is 5.92 Å². The fraction of sp³-hybridized carbons (Fsp3) is 0.412. The van der Waals surface area contributed by atoms with E-state index < -0.39 is 0 Å². The van der Waals surface area contributed by atoms with E-state index in [9.17, 15) is 9.59 Å². The predicted molar refractivity (Wildman–Crippen MR) is 97.6 cm³/mol. The molecule has 1 N–H and O–H groups in total. The molecule has 25 heavy (non-hydrogen) atoms. The molecule has 0 aliphatic carbocycles. The molecule has 2 amide bonds. The summed E-state index contributed by atoms with van der Waals surface area (Å²) in [6.45, 7) is 4.94. The zero-order valence-corrected chi connectivity index (χ0v) is 15.6. The molecule has 1 aromatic heterocycles. The minimum atomic E-state index is -0.369. The first kappa shape index (κ1) is 17.8.